The molecule has 2 unspecified atom stereocenters. The molecule has 1 radical (unpaired) electrons. The average Bonchev–Trinajstić information content (AvgIpc) is 2.61. The molecular weight excluding hydrogens is 192 g/mol. The highest BCUT2D eigenvalue weighted by Gasteiger charge is 2.22. The van der Waals surface area contributed by atoms with Gasteiger partial charge in [-0.15, -0.1) is 11.6 Å². The van der Waals surface area contributed by atoms with Gasteiger partial charge in [-0.25, -0.2) is 0 Å². The number of halogens is 1. The molecule has 0 saturated heterocycles. The van der Waals surface area contributed by atoms with Gasteiger partial charge in [0, 0.05) is 5.92 Å². The van der Waals surface area contributed by atoms with Crippen LogP contribution in [0.15, 0.2) is 36.4 Å². The second-order valence-corrected chi connectivity index (χ2v) is 3.90. The normalized spacial score (nSPS) is 21.4. The molecule has 1 aliphatic carbocycles. The van der Waals surface area contributed by atoms with Gasteiger partial charge in [0.1, 0.15) is 0 Å². The van der Waals surface area contributed by atoms with Crippen LogP contribution in [0.4, 0.5) is 0 Å². The van der Waals surface area contributed by atoms with Gasteiger partial charge in [-0.05, 0) is 24.1 Å². The minimum Gasteiger partial charge on any atom is -0.117 e. The lowest BCUT2D eigenvalue weighted by Gasteiger charge is -2.13. The standard InChI is InChI=1S/C13H12Cl/c1-2-5-13(14)12-9-8-10-6-3-4-7-11(10)12/h2-6,8-9,12-13H,1H3. The Morgan fingerprint density at radius 1 is 1.57 bits per heavy atom. The Morgan fingerprint density at radius 3 is 3.21 bits per heavy atom. The molecule has 0 N–H and O–H groups in total. The van der Waals surface area contributed by atoms with E-state index in [4.69, 9.17) is 11.6 Å². The fourth-order valence-electron chi connectivity index (χ4n) is 1.77. The average molecular weight is 204 g/mol. The summed E-state index contributed by atoms with van der Waals surface area (Å²) >= 11 is 6.26. The van der Waals surface area contributed by atoms with E-state index in [1.165, 1.54) is 11.1 Å². The Balaban J connectivity index is 2.30. The maximum absolute atomic E-state index is 6.26. The highest BCUT2D eigenvalue weighted by molar-refractivity contribution is 6.22. The van der Waals surface area contributed by atoms with E-state index in [0.29, 0.717) is 0 Å². The van der Waals surface area contributed by atoms with Crippen molar-refractivity contribution in [3.8, 4) is 0 Å². The third kappa shape index (κ3) is 1.62. The van der Waals surface area contributed by atoms with E-state index >= 15 is 0 Å². The first-order valence-corrected chi connectivity index (χ1v) is 5.22. The molecule has 1 aromatic carbocycles. The van der Waals surface area contributed by atoms with Crippen molar-refractivity contribution in [3.63, 3.8) is 0 Å². The maximum Gasteiger partial charge on any atom is 0.0619 e. The lowest BCUT2D eigenvalue weighted by atomic mass is 9.97. The van der Waals surface area contributed by atoms with Crippen LogP contribution in [-0.4, -0.2) is 5.38 Å². The second kappa shape index (κ2) is 4.02. The van der Waals surface area contributed by atoms with Crippen molar-refractivity contribution in [2.45, 2.75) is 18.2 Å². The molecule has 14 heavy (non-hydrogen) atoms. The zero-order valence-electron chi connectivity index (χ0n) is 8.07. The summed E-state index contributed by atoms with van der Waals surface area (Å²) in [6.07, 6.45) is 8.28. The lowest BCUT2D eigenvalue weighted by Crippen LogP contribution is -2.06. The van der Waals surface area contributed by atoms with Crippen LogP contribution in [-0.2, 0) is 0 Å². The Morgan fingerprint density at radius 2 is 2.43 bits per heavy atom. The van der Waals surface area contributed by atoms with Gasteiger partial charge in [0.05, 0.1) is 5.38 Å². The van der Waals surface area contributed by atoms with E-state index in [1.54, 1.807) is 0 Å². The highest BCUT2D eigenvalue weighted by atomic mass is 35.5. The number of rotatable bonds is 2. The quantitative estimate of drug-likeness (QED) is 0.507. The van der Waals surface area contributed by atoms with Gasteiger partial charge >= 0.3 is 0 Å². The van der Waals surface area contributed by atoms with E-state index in [-0.39, 0.29) is 11.3 Å². The first-order valence-electron chi connectivity index (χ1n) is 4.78. The molecule has 1 aliphatic rings. The summed E-state index contributed by atoms with van der Waals surface area (Å²) in [5.74, 6) is 0.282. The van der Waals surface area contributed by atoms with Crippen molar-refractivity contribution in [3.05, 3.63) is 53.6 Å². The van der Waals surface area contributed by atoms with E-state index in [2.05, 4.69) is 24.3 Å². The Labute approximate surface area is 89.9 Å². The molecule has 0 spiro atoms. The first kappa shape index (κ1) is 9.54. The topological polar surface area (TPSA) is 0 Å². The Kier molecular flexibility index (Phi) is 2.74. The van der Waals surface area contributed by atoms with E-state index in [1.807, 2.05) is 31.2 Å². The zero-order chi connectivity index (χ0) is 9.97. The molecule has 0 aromatic heterocycles. The van der Waals surface area contributed by atoms with Crippen molar-refractivity contribution >= 4 is 17.7 Å². The lowest BCUT2D eigenvalue weighted by molar-refractivity contribution is 0.885. The fraction of sp³-hybridized carbons (Fsp3) is 0.231. The third-order valence-electron chi connectivity index (χ3n) is 2.46. The molecule has 1 aromatic rings. The van der Waals surface area contributed by atoms with Crippen LogP contribution in [0.25, 0.3) is 6.08 Å². The van der Waals surface area contributed by atoms with Gasteiger partial charge in [0.25, 0.3) is 0 Å². The van der Waals surface area contributed by atoms with Crippen LogP contribution in [0, 0.1) is 6.07 Å². The van der Waals surface area contributed by atoms with E-state index in [0.717, 1.165) is 0 Å². The summed E-state index contributed by atoms with van der Waals surface area (Å²) in [5, 5.41) is 0.0381. The van der Waals surface area contributed by atoms with Gasteiger partial charge in [-0.2, -0.15) is 0 Å². The van der Waals surface area contributed by atoms with Crippen LogP contribution in [0.5, 0.6) is 0 Å². The monoisotopic (exact) mass is 203 g/mol. The number of alkyl halides is 1. The predicted molar refractivity (Wildman–Crippen MR) is 61.5 cm³/mol. The first-order chi connectivity index (χ1) is 6.83. The summed E-state index contributed by atoms with van der Waals surface area (Å²) < 4.78 is 0. The van der Waals surface area contributed by atoms with Crippen LogP contribution in [0.3, 0.4) is 0 Å². The Hall–Kier alpha value is -1.01. The van der Waals surface area contributed by atoms with Gasteiger partial charge < -0.3 is 0 Å². The summed E-state index contributed by atoms with van der Waals surface area (Å²) in [6.45, 7) is 1.99. The van der Waals surface area contributed by atoms with Gasteiger partial charge in [-0.3, -0.25) is 0 Å². The molecule has 0 amide bonds. The fourth-order valence-corrected chi connectivity index (χ4v) is 2.12. The van der Waals surface area contributed by atoms with Crippen LogP contribution in [0.1, 0.15) is 24.0 Å². The molecule has 0 saturated carbocycles. The van der Waals surface area contributed by atoms with Gasteiger partial charge in [0.2, 0.25) is 0 Å². The molecule has 2 rings (SSSR count). The van der Waals surface area contributed by atoms with E-state index < -0.39 is 0 Å². The smallest absolute Gasteiger partial charge is 0.0619 e. The minimum absolute atomic E-state index is 0.0381. The number of hydrogen-bond donors (Lipinski definition) is 0. The summed E-state index contributed by atoms with van der Waals surface area (Å²) in [5.41, 5.74) is 2.46. The van der Waals surface area contributed by atoms with Crippen molar-refractivity contribution in [1.82, 2.24) is 0 Å². The van der Waals surface area contributed by atoms with E-state index in [9.17, 15) is 0 Å². The zero-order valence-corrected chi connectivity index (χ0v) is 8.83. The molecule has 1 heteroatoms. The molecule has 0 heterocycles. The minimum atomic E-state index is 0.0381. The van der Waals surface area contributed by atoms with Crippen LogP contribution < -0.4 is 0 Å². The maximum atomic E-state index is 6.26. The number of allylic oxidation sites excluding steroid dienone is 3. The van der Waals surface area contributed by atoms with Crippen LogP contribution >= 0.6 is 11.6 Å². The SMILES string of the molecule is CC=CC(Cl)C1C=Cc2ccc[c]c21. The molecule has 0 fully saturated rings. The van der Waals surface area contributed by atoms with Crippen molar-refractivity contribution in [2.75, 3.05) is 0 Å². The third-order valence-corrected chi connectivity index (χ3v) is 2.87. The van der Waals surface area contributed by atoms with Crippen molar-refractivity contribution in [1.29, 1.82) is 0 Å². The molecule has 0 bridgehead atoms. The molecule has 2 atom stereocenters. The predicted octanol–water partition coefficient (Wildman–Crippen LogP) is 3.78. The van der Waals surface area contributed by atoms with Gasteiger partial charge in [0.15, 0.2) is 0 Å². The molecule has 71 valence electrons. The van der Waals surface area contributed by atoms with Gasteiger partial charge in [-0.1, -0.05) is 42.5 Å². The largest absolute Gasteiger partial charge is 0.117 e. The van der Waals surface area contributed by atoms with Crippen molar-refractivity contribution in [2.24, 2.45) is 0 Å². The molecular formula is C13H12Cl. The number of benzene rings is 1. The highest BCUT2D eigenvalue weighted by Crippen LogP contribution is 2.34. The van der Waals surface area contributed by atoms with Crippen molar-refractivity contribution < 1.29 is 0 Å². The summed E-state index contributed by atoms with van der Waals surface area (Å²) in [4.78, 5) is 0. The second-order valence-electron chi connectivity index (χ2n) is 3.39. The summed E-state index contributed by atoms with van der Waals surface area (Å²) in [7, 11) is 0. The number of hydrogen-bond acceptors (Lipinski definition) is 0. The molecule has 0 aliphatic heterocycles. The summed E-state index contributed by atoms with van der Waals surface area (Å²) in [6, 6.07) is 9.30. The molecule has 0 nitrogen and oxygen atoms in total. The number of fused-ring (bicyclic) bond motifs is 1. The van der Waals surface area contributed by atoms with Crippen LogP contribution in [0.2, 0.25) is 0 Å². The Bertz CT molecular complexity index is 377.